The molecule has 1 amide bonds. The molecule has 1 aromatic heterocycles. The van der Waals surface area contributed by atoms with Crippen LogP contribution in [0, 0.1) is 13.8 Å². The number of carbonyl (C=O) groups is 1. The number of hydrogen-bond acceptors (Lipinski definition) is 5. The van der Waals surface area contributed by atoms with Crippen LogP contribution in [0.3, 0.4) is 0 Å². The van der Waals surface area contributed by atoms with Crippen molar-refractivity contribution in [3.05, 3.63) is 35.1 Å². The quantitative estimate of drug-likeness (QED) is 0.777. The monoisotopic (exact) mass is 364 g/mol. The molecule has 1 saturated heterocycles. The van der Waals surface area contributed by atoms with Gasteiger partial charge in [-0.15, -0.1) is 0 Å². The Morgan fingerprint density at radius 3 is 2.60 bits per heavy atom. The zero-order chi connectivity index (χ0) is 18.4. The van der Waals surface area contributed by atoms with Crippen LogP contribution in [0.5, 0.6) is 0 Å². The molecule has 1 fully saturated rings. The number of nitrogens with zero attached hydrogens (tertiary/aromatic N) is 2. The average molecular weight is 364 g/mol. The van der Waals surface area contributed by atoms with Crippen LogP contribution >= 0.6 is 0 Å². The van der Waals surface area contributed by atoms with Crippen molar-refractivity contribution >= 4 is 26.7 Å². The summed E-state index contributed by atoms with van der Waals surface area (Å²) in [5.41, 5.74) is 3.85. The van der Waals surface area contributed by atoms with Crippen LogP contribution < -0.4 is 0 Å². The van der Waals surface area contributed by atoms with Gasteiger partial charge in [0.25, 0.3) is 0 Å². The molecule has 0 N–H and O–H groups in total. The van der Waals surface area contributed by atoms with Gasteiger partial charge in [0.2, 0.25) is 5.91 Å². The van der Waals surface area contributed by atoms with E-state index in [4.69, 9.17) is 4.42 Å². The van der Waals surface area contributed by atoms with E-state index in [1.807, 2.05) is 26.0 Å². The number of carbonyl (C=O) groups excluding carboxylic acids is 1. The van der Waals surface area contributed by atoms with Gasteiger partial charge in [-0.2, -0.15) is 0 Å². The van der Waals surface area contributed by atoms with E-state index in [-0.39, 0.29) is 29.9 Å². The molecule has 7 heteroatoms. The van der Waals surface area contributed by atoms with Gasteiger partial charge in [0.15, 0.2) is 9.84 Å². The maximum absolute atomic E-state index is 12.9. The highest BCUT2D eigenvalue weighted by molar-refractivity contribution is 7.91. The van der Waals surface area contributed by atoms with Crippen LogP contribution in [0.2, 0.25) is 0 Å². The molecule has 1 aliphatic heterocycles. The summed E-state index contributed by atoms with van der Waals surface area (Å²) in [5, 5.41) is 4.20. The van der Waals surface area contributed by atoms with Gasteiger partial charge in [-0.3, -0.25) is 9.80 Å². The van der Waals surface area contributed by atoms with Crippen molar-refractivity contribution in [2.45, 2.75) is 32.7 Å². The molecule has 0 spiro atoms. The lowest BCUT2D eigenvalue weighted by molar-refractivity contribution is -0.148. The zero-order valence-electron chi connectivity index (χ0n) is 15.1. The van der Waals surface area contributed by atoms with E-state index in [9.17, 15) is 13.2 Å². The summed E-state index contributed by atoms with van der Waals surface area (Å²) in [6.45, 7) is 4.03. The third-order valence-corrected chi connectivity index (χ3v) is 6.67. The van der Waals surface area contributed by atoms with Crippen molar-refractivity contribution in [1.29, 1.82) is 0 Å². The van der Waals surface area contributed by atoms with Crippen molar-refractivity contribution in [1.82, 2.24) is 10.0 Å². The highest BCUT2D eigenvalue weighted by atomic mass is 32.2. The fourth-order valence-electron chi connectivity index (χ4n) is 3.49. The fraction of sp³-hybridized carbons (Fsp3) is 0.500. The van der Waals surface area contributed by atoms with Gasteiger partial charge in [0, 0.05) is 25.0 Å². The molecule has 3 rings (SSSR count). The van der Waals surface area contributed by atoms with Crippen LogP contribution in [-0.2, 0) is 21.1 Å². The van der Waals surface area contributed by atoms with Crippen molar-refractivity contribution in [2.75, 3.05) is 25.6 Å². The van der Waals surface area contributed by atoms with Gasteiger partial charge >= 0.3 is 0 Å². The Balaban J connectivity index is 1.86. The van der Waals surface area contributed by atoms with Crippen LogP contribution in [0.15, 0.2) is 22.8 Å². The molecule has 0 unspecified atom stereocenters. The number of furan rings is 1. The maximum Gasteiger partial charge on any atom is 0.241 e. The molecule has 0 bridgehead atoms. The molecule has 1 aliphatic rings. The first-order valence-electron chi connectivity index (χ1n) is 8.35. The molecular weight excluding hydrogens is 340 g/mol. The number of amides is 1. The summed E-state index contributed by atoms with van der Waals surface area (Å²) in [7, 11) is 0.482. The molecule has 0 radical (unpaired) electrons. The van der Waals surface area contributed by atoms with Crippen molar-refractivity contribution in [2.24, 2.45) is 0 Å². The predicted molar refractivity (Wildman–Crippen MR) is 97.0 cm³/mol. The van der Waals surface area contributed by atoms with Gasteiger partial charge in [0.1, 0.15) is 5.58 Å². The molecule has 2 aromatic rings. The smallest absolute Gasteiger partial charge is 0.241 e. The summed E-state index contributed by atoms with van der Waals surface area (Å²) >= 11 is 0. The number of rotatable bonds is 4. The summed E-state index contributed by atoms with van der Waals surface area (Å²) in [6, 6.07) is 3.70. The maximum atomic E-state index is 12.9. The second kappa shape index (κ2) is 6.46. The minimum absolute atomic E-state index is 0.0291. The number of fused-ring (bicyclic) bond motifs is 1. The Morgan fingerprint density at radius 2 is 2.00 bits per heavy atom. The number of hydrogen-bond donors (Lipinski definition) is 0. The van der Waals surface area contributed by atoms with Crippen LogP contribution in [0.1, 0.15) is 23.1 Å². The molecular formula is C18H24N2O4S. The van der Waals surface area contributed by atoms with Gasteiger partial charge in [-0.25, -0.2) is 13.4 Å². The standard InChI is InChI=1S/C18H24N2O4S/c1-12-5-6-16-14(10-24-18(16)13(12)2)9-17(21)20(19(3)4)15-7-8-25(22,23)11-15/h5-6,10,15H,7-9,11H2,1-4H3/t15-/m1/s1. The van der Waals surface area contributed by atoms with E-state index in [0.29, 0.717) is 6.42 Å². The number of hydrazine groups is 1. The van der Waals surface area contributed by atoms with E-state index < -0.39 is 9.84 Å². The second-order valence-corrected chi connectivity index (χ2v) is 9.19. The summed E-state index contributed by atoms with van der Waals surface area (Å²) in [4.78, 5) is 12.9. The molecule has 1 aromatic carbocycles. The lowest BCUT2D eigenvalue weighted by Crippen LogP contribution is -2.49. The van der Waals surface area contributed by atoms with Crippen LogP contribution in [0.4, 0.5) is 0 Å². The third kappa shape index (κ3) is 3.43. The van der Waals surface area contributed by atoms with Gasteiger partial charge in [-0.1, -0.05) is 12.1 Å². The van der Waals surface area contributed by atoms with E-state index in [0.717, 1.165) is 27.7 Å². The van der Waals surface area contributed by atoms with Gasteiger partial charge in [0.05, 0.1) is 30.2 Å². The molecule has 0 aliphatic carbocycles. The second-order valence-electron chi connectivity index (χ2n) is 6.96. The Hall–Kier alpha value is -1.86. The van der Waals surface area contributed by atoms with Crippen molar-refractivity contribution in [3.8, 4) is 0 Å². The Labute approximate surface area is 148 Å². The normalized spacial score (nSPS) is 19.6. The minimum atomic E-state index is -3.05. The SMILES string of the molecule is Cc1ccc2c(CC(=O)N([C@@H]3CCS(=O)(=O)C3)N(C)C)coc2c1C. The first-order valence-corrected chi connectivity index (χ1v) is 10.2. The van der Waals surface area contributed by atoms with Crippen LogP contribution in [-0.4, -0.2) is 56.0 Å². The zero-order valence-corrected chi connectivity index (χ0v) is 15.9. The number of benzene rings is 1. The largest absolute Gasteiger partial charge is 0.464 e. The molecule has 25 heavy (non-hydrogen) atoms. The minimum Gasteiger partial charge on any atom is -0.464 e. The Kier molecular flexibility index (Phi) is 4.64. The molecule has 6 nitrogen and oxygen atoms in total. The van der Waals surface area contributed by atoms with Gasteiger partial charge < -0.3 is 4.42 Å². The lowest BCUT2D eigenvalue weighted by Gasteiger charge is -2.33. The van der Waals surface area contributed by atoms with Crippen molar-refractivity contribution in [3.63, 3.8) is 0 Å². The summed E-state index contributed by atoms with van der Waals surface area (Å²) < 4.78 is 29.2. The summed E-state index contributed by atoms with van der Waals surface area (Å²) in [5.74, 6) is 0.0528. The summed E-state index contributed by atoms with van der Waals surface area (Å²) in [6.07, 6.45) is 2.30. The van der Waals surface area contributed by atoms with Crippen molar-refractivity contribution < 1.29 is 17.6 Å². The van der Waals surface area contributed by atoms with E-state index in [1.165, 1.54) is 0 Å². The molecule has 0 saturated carbocycles. The Morgan fingerprint density at radius 1 is 1.28 bits per heavy atom. The first-order chi connectivity index (χ1) is 11.7. The highest BCUT2D eigenvalue weighted by Gasteiger charge is 2.36. The van der Waals surface area contributed by atoms with E-state index in [1.54, 1.807) is 30.4 Å². The topological polar surface area (TPSA) is 70.8 Å². The predicted octanol–water partition coefficient (Wildman–Crippen LogP) is 2.08. The van der Waals surface area contributed by atoms with E-state index in [2.05, 4.69) is 0 Å². The molecule has 136 valence electrons. The van der Waals surface area contributed by atoms with Crippen LogP contribution in [0.25, 0.3) is 11.0 Å². The lowest BCUT2D eigenvalue weighted by atomic mass is 10.0. The van der Waals surface area contributed by atoms with E-state index >= 15 is 0 Å². The first kappa shape index (κ1) is 17.9. The highest BCUT2D eigenvalue weighted by Crippen LogP contribution is 2.28. The molecule has 2 heterocycles. The number of sulfone groups is 1. The molecule has 1 atom stereocenters. The Bertz CT molecular complexity index is 915. The average Bonchev–Trinajstić information content (AvgIpc) is 3.07. The number of aryl methyl sites for hydroxylation is 2. The third-order valence-electron chi connectivity index (χ3n) is 4.92. The fourth-order valence-corrected chi connectivity index (χ4v) is 5.18. The van der Waals surface area contributed by atoms with Gasteiger partial charge in [-0.05, 0) is 31.4 Å².